The van der Waals surface area contributed by atoms with Gasteiger partial charge in [-0.25, -0.2) is 4.68 Å². The van der Waals surface area contributed by atoms with E-state index in [1.54, 1.807) is 10.7 Å². The highest BCUT2D eigenvalue weighted by atomic mass is 79.9. The molecule has 1 aliphatic rings. The van der Waals surface area contributed by atoms with Crippen molar-refractivity contribution >= 4 is 21.6 Å². The molecule has 1 aliphatic heterocycles. The van der Waals surface area contributed by atoms with Crippen LogP contribution in [-0.2, 0) is 6.54 Å². The minimum atomic E-state index is 0.0274. The van der Waals surface area contributed by atoms with Gasteiger partial charge in [-0.3, -0.25) is 4.79 Å². The highest BCUT2D eigenvalue weighted by Crippen LogP contribution is 2.20. The quantitative estimate of drug-likeness (QED) is 0.589. The van der Waals surface area contributed by atoms with Crippen LogP contribution in [0.5, 0.6) is 0 Å². The van der Waals surface area contributed by atoms with Crippen LogP contribution in [-0.4, -0.2) is 28.2 Å². The molecule has 0 aromatic carbocycles. The largest absolute Gasteiger partial charge is 0.370 e. The van der Waals surface area contributed by atoms with E-state index in [9.17, 15) is 4.79 Å². The molecule has 1 saturated heterocycles. The van der Waals surface area contributed by atoms with E-state index in [0.717, 1.165) is 49.9 Å². The summed E-state index contributed by atoms with van der Waals surface area (Å²) in [7, 11) is 0. The fraction of sp³-hybridized carbons (Fsp3) is 0.733. The van der Waals surface area contributed by atoms with Crippen molar-refractivity contribution in [3.63, 3.8) is 0 Å². The summed E-state index contributed by atoms with van der Waals surface area (Å²) in [5, 5.41) is 5.36. The van der Waals surface area contributed by atoms with E-state index < -0.39 is 0 Å². The highest BCUT2D eigenvalue weighted by Gasteiger charge is 2.17. The smallest absolute Gasteiger partial charge is 0.268 e. The van der Waals surface area contributed by atoms with Crippen molar-refractivity contribution in [1.82, 2.24) is 9.78 Å². The van der Waals surface area contributed by atoms with Gasteiger partial charge in [0.15, 0.2) is 0 Å². The lowest BCUT2D eigenvalue weighted by Crippen LogP contribution is -2.35. The van der Waals surface area contributed by atoms with Gasteiger partial charge in [0, 0.05) is 31.0 Å². The third kappa shape index (κ3) is 4.33. The number of aromatic nitrogens is 2. The average Bonchev–Trinajstić information content (AvgIpc) is 2.45. The maximum absolute atomic E-state index is 12.1. The molecule has 2 rings (SSSR count). The molecule has 0 aliphatic carbocycles. The molecule has 5 heteroatoms. The Bertz CT molecular complexity index is 474. The molecule has 1 aromatic heterocycles. The monoisotopic (exact) mass is 341 g/mol. The van der Waals surface area contributed by atoms with E-state index in [0.29, 0.717) is 5.92 Å². The van der Waals surface area contributed by atoms with Gasteiger partial charge < -0.3 is 4.90 Å². The molecule has 0 saturated carbocycles. The van der Waals surface area contributed by atoms with Gasteiger partial charge in [-0.2, -0.15) is 5.10 Å². The number of alkyl halides is 1. The Kier molecular flexibility index (Phi) is 6.07. The number of nitrogens with zero attached hydrogens (tertiary/aromatic N) is 3. The van der Waals surface area contributed by atoms with Crippen molar-refractivity contribution in [1.29, 1.82) is 0 Å². The van der Waals surface area contributed by atoms with Crippen LogP contribution in [0.2, 0.25) is 0 Å². The first-order valence-corrected chi connectivity index (χ1v) is 8.71. The number of rotatable bonds is 6. The molecule has 0 radical (unpaired) electrons. The van der Waals surface area contributed by atoms with Gasteiger partial charge in [0.2, 0.25) is 0 Å². The zero-order chi connectivity index (χ0) is 14.4. The Hall–Kier alpha value is -0.840. The summed E-state index contributed by atoms with van der Waals surface area (Å²) < 4.78 is 1.59. The van der Waals surface area contributed by atoms with E-state index in [-0.39, 0.29) is 5.56 Å². The number of hydrogen-bond donors (Lipinski definition) is 0. The van der Waals surface area contributed by atoms with Gasteiger partial charge in [-0.05, 0) is 31.6 Å². The molecular weight excluding hydrogens is 318 g/mol. The molecule has 20 heavy (non-hydrogen) atoms. The number of hydrogen-bond acceptors (Lipinski definition) is 3. The minimum absolute atomic E-state index is 0.0274. The predicted octanol–water partition coefficient (Wildman–Crippen LogP) is 3.04. The second-order valence-corrected chi connectivity index (χ2v) is 6.51. The van der Waals surface area contributed by atoms with E-state index in [4.69, 9.17) is 0 Å². The number of halogens is 1. The van der Waals surface area contributed by atoms with E-state index in [2.05, 4.69) is 32.9 Å². The molecule has 1 atom stereocenters. The van der Waals surface area contributed by atoms with Crippen LogP contribution in [0.3, 0.4) is 0 Å². The normalized spacial score (nSPS) is 19.3. The van der Waals surface area contributed by atoms with Gasteiger partial charge >= 0.3 is 0 Å². The van der Waals surface area contributed by atoms with Crippen LogP contribution < -0.4 is 10.5 Å². The van der Waals surface area contributed by atoms with Crippen LogP contribution in [0.15, 0.2) is 17.1 Å². The summed E-state index contributed by atoms with van der Waals surface area (Å²) >= 11 is 3.42. The second kappa shape index (κ2) is 7.81. The highest BCUT2D eigenvalue weighted by molar-refractivity contribution is 9.09. The SMILES string of the molecule is CC1CCCN(c2cnn(CCCCCBr)c(=O)c2)C1. The standard InChI is InChI=1S/C15H24BrN3O/c1-13-6-5-8-18(12-13)14-10-15(20)19(17-11-14)9-4-2-3-7-16/h10-11,13H,2-9,12H2,1H3. The Balaban J connectivity index is 1.96. The second-order valence-electron chi connectivity index (χ2n) is 5.72. The molecule has 2 heterocycles. The Morgan fingerprint density at radius 2 is 2.25 bits per heavy atom. The van der Waals surface area contributed by atoms with Gasteiger partial charge in [0.05, 0.1) is 11.9 Å². The predicted molar refractivity (Wildman–Crippen MR) is 86.8 cm³/mol. The molecular formula is C15H24BrN3O. The first kappa shape index (κ1) is 15.5. The van der Waals surface area contributed by atoms with Gasteiger partial charge in [0.1, 0.15) is 0 Å². The van der Waals surface area contributed by atoms with Crippen molar-refractivity contribution in [3.8, 4) is 0 Å². The third-order valence-electron chi connectivity index (χ3n) is 3.88. The zero-order valence-electron chi connectivity index (χ0n) is 12.2. The summed E-state index contributed by atoms with van der Waals surface area (Å²) in [6, 6.07) is 1.75. The third-order valence-corrected chi connectivity index (χ3v) is 4.44. The number of unbranched alkanes of at least 4 members (excludes halogenated alkanes) is 2. The van der Waals surface area contributed by atoms with Crippen molar-refractivity contribution in [2.24, 2.45) is 5.92 Å². The maximum atomic E-state index is 12.1. The number of piperidine rings is 1. The van der Waals surface area contributed by atoms with Crippen LogP contribution >= 0.6 is 15.9 Å². The summed E-state index contributed by atoms with van der Waals surface area (Å²) in [5.41, 5.74) is 1.01. The molecule has 0 bridgehead atoms. The number of aryl methyl sites for hydroxylation is 1. The lowest BCUT2D eigenvalue weighted by Gasteiger charge is -2.32. The fourth-order valence-corrected chi connectivity index (χ4v) is 3.12. The van der Waals surface area contributed by atoms with Gasteiger partial charge in [0.25, 0.3) is 5.56 Å². The van der Waals surface area contributed by atoms with Crippen molar-refractivity contribution in [2.75, 3.05) is 23.3 Å². The van der Waals surface area contributed by atoms with Crippen LogP contribution in [0.25, 0.3) is 0 Å². The minimum Gasteiger partial charge on any atom is -0.370 e. The van der Waals surface area contributed by atoms with E-state index in [1.807, 2.05) is 6.20 Å². The van der Waals surface area contributed by atoms with Crippen molar-refractivity contribution in [2.45, 2.75) is 45.6 Å². The molecule has 0 N–H and O–H groups in total. The molecule has 0 amide bonds. The summed E-state index contributed by atoms with van der Waals surface area (Å²) in [6.45, 7) is 5.07. The van der Waals surface area contributed by atoms with E-state index >= 15 is 0 Å². The fourth-order valence-electron chi connectivity index (χ4n) is 2.72. The Morgan fingerprint density at radius 3 is 2.95 bits per heavy atom. The summed E-state index contributed by atoms with van der Waals surface area (Å²) in [6.07, 6.45) is 7.64. The van der Waals surface area contributed by atoms with Crippen LogP contribution in [0.1, 0.15) is 39.0 Å². The van der Waals surface area contributed by atoms with Crippen molar-refractivity contribution in [3.05, 3.63) is 22.6 Å². The Morgan fingerprint density at radius 1 is 1.40 bits per heavy atom. The molecule has 1 fully saturated rings. The molecule has 1 aromatic rings. The summed E-state index contributed by atoms with van der Waals surface area (Å²) in [4.78, 5) is 14.4. The first-order valence-electron chi connectivity index (χ1n) is 7.59. The maximum Gasteiger partial charge on any atom is 0.268 e. The van der Waals surface area contributed by atoms with Crippen molar-refractivity contribution < 1.29 is 0 Å². The molecule has 1 unspecified atom stereocenters. The summed E-state index contributed by atoms with van der Waals surface area (Å²) in [5.74, 6) is 0.704. The molecule has 4 nitrogen and oxygen atoms in total. The van der Waals surface area contributed by atoms with E-state index in [1.165, 1.54) is 12.8 Å². The number of anilines is 1. The lowest BCUT2D eigenvalue weighted by molar-refractivity contribution is 0.445. The van der Waals surface area contributed by atoms with Crippen LogP contribution in [0.4, 0.5) is 5.69 Å². The van der Waals surface area contributed by atoms with Gasteiger partial charge in [-0.1, -0.05) is 29.3 Å². The topological polar surface area (TPSA) is 38.1 Å². The zero-order valence-corrected chi connectivity index (χ0v) is 13.8. The molecule has 0 spiro atoms. The van der Waals surface area contributed by atoms with Crippen LogP contribution in [0, 0.1) is 5.92 Å². The lowest BCUT2D eigenvalue weighted by atomic mass is 10.00. The first-order chi connectivity index (χ1) is 9.70. The Labute approximate surface area is 129 Å². The van der Waals surface area contributed by atoms with Gasteiger partial charge in [-0.15, -0.1) is 0 Å². The molecule has 112 valence electrons. The average molecular weight is 342 g/mol.